The van der Waals surface area contributed by atoms with E-state index in [1.165, 1.54) is 5.56 Å². The maximum Gasteiger partial charge on any atom is 0.188 e. The first-order valence-corrected chi connectivity index (χ1v) is 6.33. The number of benzene rings is 1. The van der Waals surface area contributed by atoms with Crippen molar-refractivity contribution in [3.8, 4) is 0 Å². The molecule has 1 atom stereocenters. The number of nitrogens with one attached hydrogen (secondary N) is 1. The summed E-state index contributed by atoms with van der Waals surface area (Å²) in [4.78, 5) is 4.23. The van der Waals surface area contributed by atoms with Crippen LogP contribution in [-0.2, 0) is 6.42 Å². The van der Waals surface area contributed by atoms with Gasteiger partial charge in [-0.15, -0.1) is 0 Å². The highest BCUT2D eigenvalue weighted by atomic mass is 16.3. The molecular weight excluding hydrogens is 226 g/mol. The van der Waals surface area contributed by atoms with Crippen LogP contribution in [0, 0.1) is 5.92 Å². The lowest BCUT2D eigenvalue weighted by Crippen LogP contribution is -2.43. The van der Waals surface area contributed by atoms with Crippen molar-refractivity contribution in [2.24, 2.45) is 16.6 Å². The molecule has 1 aromatic carbocycles. The van der Waals surface area contributed by atoms with E-state index >= 15 is 0 Å². The summed E-state index contributed by atoms with van der Waals surface area (Å²) in [7, 11) is 0. The number of nitrogens with two attached hydrogens (primary N) is 1. The highest BCUT2D eigenvalue weighted by Crippen LogP contribution is 2.02. The van der Waals surface area contributed by atoms with Gasteiger partial charge in [0.2, 0.25) is 0 Å². The molecule has 0 saturated carbocycles. The fourth-order valence-electron chi connectivity index (χ4n) is 1.60. The third-order valence-corrected chi connectivity index (χ3v) is 2.52. The Morgan fingerprint density at radius 1 is 1.33 bits per heavy atom. The van der Waals surface area contributed by atoms with E-state index in [1.807, 2.05) is 30.3 Å². The molecule has 0 spiro atoms. The van der Waals surface area contributed by atoms with Crippen LogP contribution in [0.25, 0.3) is 0 Å². The van der Waals surface area contributed by atoms with Crippen LogP contribution in [0.3, 0.4) is 0 Å². The Bertz CT molecular complexity index is 363. The van der Waals surface area contributed by atoms with Crippen LogP contribution < -0.4 is 11.1 Å². The first-order chi connectivity index (χ1) is 8.61. The second-order valence-electron chi connectivity index (χ2n) is 4.83. The second kappa shape index (κ2) is 7.71. The molecule has 0 aliphatic heterocycles. The number of aliphatic hydroxyl groups excluding tert-OH is 1. The van der Waals surface area contributed by atoms with Gasteiger partial charge in [-0.3, -0.25) is 4.99 Å². The summed E-state index contributed by atoms with van der Waals surface area (Å²) in [5.74, 6) is 0.880. The summed E-state index contributed by atoms with van der Waals surface area (Å²) in [6.07, 6.45) is 0.731. The topological polar surface area (TPSA) is 70.6 Å². The largest absolute Gasteiger partial charge is 0.394 e. The maximum atomic E-state index is 9.34. The van der Waals surface area contributed by atoms with Gasteiger partial charge in [0.25, 0.3) is 0 Å². The normalized spacial score (nSPS) is 13.7. The summed E-state index contributed by atoms with van der Waals surface area (Å²) >= 11 is 0. The zero-order valence-electron chi connectivity index (χ0n) is 11.1. The Morgan fingerprint density at radius 3 is 2.56 bits per heavy atom. The van der Waals surface area contributed by atoms with Crippen molar-refractivity contribution in [1.29, 1.82) is 0 Å². The van der Waals surface area contributed by atoms with Gasteiger partial charge in [0.15, 0.2) is 5.96 Å². The molecule has 0 heterocycles. The van der Waals surface area contributed by atoms with Gasteiger partial charge in [0.1, 0.15) is 0 Å². The third kappa shape index (κ3) is 5.68. The fourth-order valence-corrected chi connectivity index (χ4v) is 1.60. The van der Waals surface area contributed by atoms with Crippen LogP contribution in [-0.4, -0.2) is 30.3 Å². The second-order valence-corrected chi connectivity index (χ2v) is 4.83. The highest BCUT2D eigenvalue weighted by Gasteiger charge is 2.08. The van der Waals surface area contributed by atoms with E-state index in [0.717, 1.165) is 6.42 Å². The zero-order valence-corrected chi connectivity index (χ0v) is 11.1. The fraction of sp³-hybridized carbons (Fsp3) is 0.500. The number of rotatable bonds is 6. The van der Waals surface area contributed by atoms with Gasteiger partial charge in [-0.25, -0.2) is 0 Å². The quantitative estimate of drug-likeness (QED) is 0.523. The van der Waals surface area contributed by atoms with Gasteiger partial charge in [-0.1, -0.05) is 44.2 Å². The smallest absolute Gasteiger partial charge is 0.188 e. The monoisotopic (exact) mass is 249 g/mol. The van der Waals surface area contributed by atoms with Crippen molar-refractivity contribution in [3.05, 3.63) is 35.9 Å². The molecule has 0 aliphatic carbocycles. The third-order valence-electron chi connectivity index (χ3n) is 2.52. The Balaban J connectivity index is 2.49. The maximum absolute atomic E-state index is 9.34. The molecule has 0 radical (unpaired) electrons. The lowest BCUT2D eigenvalue weighted by molar-refractivity contribution is 0.254. The average molecular weight is 249 g/mol. The molecule has 0 amide bonds. The van der Waals surface area contributed by atoms with Crippen molar-refractivity contribution in [2.75, 3.05) is 13.2 Å². The van der Waals surface area contributed by atoms with Gasteiger partial charge >= 0.3 is 0 Å². The molecule has 4 heteroatoms. The van der Waals surface area contributed by atoms with E-state index in [0.29, 0.717) is 18.4 Å². The predicted molar refractivity (Wildman–Crippen MR) is 75.5 cm³/mol. The van der Waals surface area contributed by atoms with Gasteiger partial charge in [0.05, 0.1) is 12.6 Å². The zero-order chi connectivity index (χ0) is 13.4. The summed E-state index contributed by atoms with van der Waals surface area (Å²) in [5.41, 5.74) is 6.95. The molecule has 4 N–H and O–H groups in total. The van der Waals surface area contributed by atoms with E-state index in [2.05, 4.69) is 24.2 Å². The van der Waals surface area contributed by atoms with Crippen molar-refractivity contribution < 1.29 is 5.11 Å². The summed E-state index contributed by atoms with van der Waals surface area (Å²) in [6, 6.07) is 9.92. The lowest BCUT2D eigenvalue weighted by Gasteiger charge is -2.17. The molecule has 18 heavy (non-hydrogen) atoms. The van der Waals surface area contributed by atoms with Gasteiger partial charge < -0.3 is 16.2 Å². The van der Waals surface area contributed by atoms with E-state index in [4.69, 9.17) is 5.73 Å². The highest BCUT2D eigenvalue weighted by molar-refractivity contribution is 5.78. The number of hydrogen-bond acceptors (Lipinski definition) is 2. The van der Waals surface area contributed by atoms with Crippen molar-refractivity contribution in [2.45, 2.75) is 26.3 Å². The van der Waals surface area contributed by atoms with E-state index in [9.17, 15) is 5.11 Å². The summed E-state index contributed by atoms with van der Waals surface area (Å²) in [5, 5.41) is 12.4. The molecule has 0 bridgehead atoms. The van der Waals surface area contributed by atoms with Crippen LogP contribution in [0.15, 0.2) is 35.3 Å². The molecule has 1 rings (SSSR count). The molecule has 100 valence electrons. The van der Waals surface area contributed by atoms with Crippen LogP contribution in [0.5, 0.6) is 0 Å². The molecule has 0 saturated heterocycles. The Morgan fingerprint density at radius 2 is 2.00 bits per heavy atom. The Labute approximate surface area is 109 Å². The summed E-state index contributed by atoms with van der Waals surface area (Å²) < 4.78 is 0. The average Bonchev–Trinajstić information content (AvgIpc) is 2.37. The van der Waals surface area contributed by atoms with Crippen LogP contribution >= 0.6 is 0 Å². The molecule has 1 unspecified atom stereocenters. The molecule has 4 nitrogen and oxygen atoms in total. The Kier molecular flexibility index (Phi) is 6.22. The van der Waals surface area contributed by atoms with E-state index in [1.54, 1.807) is 0 Å². The molecule has 1 aromatic rings. The van der Waals surface area contributed by atoms with Crippen molar-refractivity contribution in [1.82, 2.24) is 5.32 Å². The SMILES string of the molecule is CC(C)CN=C(N)NC(CO)Cc1ccccc1. The van der Waals surface area contributed by atoms with Crippen LogP contribution in [0.4, 0.5) is 0 Å². The minimum absolute atomic E-state index is 0.0345. The first-order valence-electron chi connectivity index (χ1n) is 6.33. The van der Waals surface area contributed by atoms with Gasteiger partial charge in [-0.2, -0.15) is 0 Å². The van der Waals surface area contributed by atoms with Crippen molar-refractivity contribution in [3.63, 3.8) is 0 Å². The molecular formula is C14H23N3O. The van der Waals surface area contributed by atoms with Gasteiger partial charge in [-0.05, 0) is 17.9 Å². The molecule has 0 fully saturated rings. The van der Waals surface area contributed by atoms with Crippen LogP contribution in [0.2, 0.25) is 0 Å². The Hall–Kier alpha value is -1.55. The number of hydrogen-bond donors (Lipinski definition) is 3. The first kappa shape index (κ1) is 14.5. The minimum Gasteiger partial charge on any atom is -0.394 e. The lowest BCUT2D eigenvalue weighted by atomic mass is 10.1. The molecule has 0 aliphatic rings. The number of guanidine groups is 1. The van der Waals surface area contributed by atoms with E-state index in [-0.39, 0.29) is 12.6 Å². The number of aliphatic hydroxyl groups is 1. The van der Waals surface area contributed by atoms with Crippen LogP contribution in [0.1, 0.15) is 19.4 Å². The number of aliphatic imine (C=N–C) groups is 1. The minimum atomic E-state index is -0.0942. The molecule has 0 aromatic heterocycles. The van der Waals surface area contributed by atoms with E-state index < -0.39 is 0 Å². The predicted octanol–water partition coefficient (Wildman–Crippen LogP) is 1.15. The number of nitrogens with zero attached hydrogens (tertiary/aromatic N) is 1. The van der Waals surface area contributed by atoms with Gasteiger partial charge in [0, 0.05) is 6.54 Å². The standard InChI is InChI=1S/C14H23N3O/c1-11(2)9-16-14(15)17-13(10-18)8-12-6-4-3-5-7-12/h3-7,11,13,18H,8-10H2,1-2H3,(H3,15,16,17). The summed E-state index contributed by atoms with van der Waals surface area (Å²) in [6.45, 7) is 4.91. The van der Waals surface area contributed by atoms with Crippen molar-refractivity contribution >= 4 is 5.96 Å².